The SMILES string of the molecule is Cc1ccccc1CNC(=O)Nc1ccc(Br)o1. The van der Waals surface area contributed by atoms with Gasteiger partial charge in [-0.15, -0.1) is 0 Å². The third kappa shape index (κ3) is 3.37. The fraction of sp³-hybridized carbons (Fsp3) is 0.154. The van der Waals surface area contributed by atoms with E-state index in [9.17, 15) is 4.79 Å². The van der Waals surface area contributed by atoms with E-state index in [-0.39, 0.29) is 6.03 Å². The normalized spacial score (nSPS) is 10.1. The number of hydrogen-bond donors (Lipinski definition) is 2. The van der Waals surface area contributed by atoms with Gasteiger partial charge in [0.15, 0.2) is 4.67 Å². The number of nitrogens with one attached hydrogen (secondary N) is 2. The molecule has 4 nitrogen and oxygen atoms in total. The van der Waals surface area contributed by atoms with Gasteiger partial charge in [-0.1, -0.05) is 24.3 Å². The Bertz CT molecular complexity index is 551. The van der Waals surface area contributed by atoms with Gasteiger partial charge in [0.1, 0.15) is 0 Å². The van der Waals surface area contributed by atoms with Gasteiger partial charge >= 0.3 is 6.03 Å². The van der Waals surface area contributed by atoms with E-state index in [1.807, 2.05) is 31.2 Å². The highest BCUT2D eigenvalue weighted by Crippen LogP contribution is 2.18. The lowest BCUT2D eigenvalue weighted by atomic mass is 10.1. The standard InChI is InChI=1S/C13H13BrN2O2/c1-9-4-2-3-5-10(9)8-15-13(17)16-12-7-6-11(14)18-12/h2-7H,8H2,1H3,(H2,15,16,17). The van der Waals surface area contributed by atoms with Gasteiger partial charge in [0.25, 0.3) is 0 Å². The molecule has 0 unspecified atom stereocenters. The van der Waals surface area contributed by atoms with Crippen molar-refractivity contribution >= 4 is 27.8 Å². The maximum atomic E-state index is 11.6. The summed E-state index contributed by atoms with van der Waals surface area (Å²) in [6.45, 7) is 2.50. The first-order chi connectivity index (χ1) is 8.65. The van der Waals surface area contributed by atoms with E-state index >= 15 is 0 Å². The van der Waals surface area contributed by atoms with Crippen molar-refractivity contribution in [1.82, 2.24) is 5.32 Å². The summed E-state index contributed by atoms with van der Waals surface area (Å²) in [6, 6.07) is 11.0. The molecule has 0 atom stereocenters. The van der Waals surface area contributed by atoms with Gasteiger partial charge in [0.05, 0.1) is 0 Å². The highest BCUT2D eigenvalue weighted by molar-refractivity contribution is 9.10. The molecule has 5 heteroatoms. The zero-order valence-electron chi connectivity index (χ0n) is 9.87. The third-order valence-corrected chi connectivity index (χ3v) is 2.94. The molecule has 0 bridgehead atoms. The number of hydrogen-bond acceptors (Lipinski definition) is 2. The predicted molar refractivity (Wildman–Crippen MR) is 73.4 cm³/mol. The summed E-state index contributed by atoms with van der Waals surface area (Å²) in [5, 5.41) is 5.38. The summed E-state index contributed by atoms with van der Waals surface area (Å²) in [7, 11) is 0. The predicted octanol–water partition coefficient (Wildman–Crippen LogP) is 3.67. The molecule has 0 spiro atoms. The van der Waals surface area contributed by atoms with Crippen molar-refractivity contribution in [2.45, 2.75) is 13.5 Å². The highest BCUT2D eigenvalue weighted by atomic mass is 79.9. The molecule has 0 radical (unpaired) electrons. The molecule has 2 rings (SSSR count). The molecule has 0 saturated carbocycles. The summed E-state index contributed by atoms with van der Waals surface area (Å²) in [6.07, 6.45) is 0. The van der Waals surface area contributed by atoms with Gasteiger partial charge < -0.3 is 9.73 Å². The number of halogens is 1. The molecule has 2 amide bonds. The summed E-state index contributed by atoms with van der Waals surface area (Å²) < 4.78 is 5.75. The maximum absolute atomic E-state index is 11.6. The Kier molecular flexibility index (Phi) is 4.04. The van der Waals surface area contributed by atoms with E-state index in [1.54, 1.807) is 12.1 Å². The smallest absolute Gasteiger partial charge is 0.321 e. The maximum Gasteiger partial charge on any atom is 0.321 e. The van der Waals surface area contributed by atoms with Crippen LogP contribution in [0.2, 0.25) is 0 Å². The largest absolute Gasteiger partial charge is 0.434 e. The van der Waals surface area contributed by atoms with E-state index in [0.29, 0.717) is 17.1 Å². The van der Waals surface area contributed by atoms with Crippen LogP contribution in [0.4, 0.5) is 10.7 Å². The van der Waals surface area contributed by atoms with Gasteiger partial charge in [0, 0.05) is 12.6 Å². The van der Waals surface area contributed by atoms with Gasteiger partial charge in [0.2, 0.25) is 5.88 Å². The first kappa shape index (κ1) is 12.7. The summed E-state index contributed by atoms with van der Waals surface area (Å²) in [4.78, 5) is 11.6. The van der Waals surface area contributed by atoms with Crippen molar-refractivity contribution in [3.05, 3.63) is 52.2 Å². The number of carbonyl (C=O) groups excluding carboxylic acids is 1. The molecule has 18 heavy (non-hydrogen) atoms. The third-order valence-electron chi connectivity index (χ3n) is 2.51. The molecule has 0 saturated heterocycles. The van der Waals surface area contributed by atoms with Crippen molar-refractivity contribution in [1.29, 1.82) is 0 Å². The molecule has 94 valence electrons. The van der Waals surface area contributed by atoms with Crippen LogP contribution in [0, 0.1) is 6.92 Å². The van der Waals surface area contributed by atoms with Crippen LogP contribution in [-0.4, -0.2) is 6.03 Å². The van der Waals surface area contributed by atoms with E-state index in [2.05, 4.69) is 26.6 Å². The molecular weight excluding hydrogens is 296 g/mol. The number of urea groups is 1. The van der Waals surface area contributed by atoms with Crippen LogP contribution in [0.15, 0.2) is 45.5 Å². The van der Waals surface area contributed by atoms with E-state index in [4.69, 9.17) is 4.42 Å². The lowest BCUT2D eigenvalue weighted by molar-refractivity contribution is 0.251. The fourth-order valence-corrected chi connectivity index (χ4v) is 1.83. The van der Waals surface area contributed by atoms with E-state index in [0.717, 1.165) is 11.1 Å². The molecule has 2 aromatic rings. The minimum atomic E-state index is -0.292. The molecule has 1 heterocycles. The Labute approximate surface area is 114 Å². The lowest BCUT2D eigenvalue weighted by Gasteiger charge is -2.07. The molecule has 0 aliphatic carbocycles. The Hall–Kier alpha value is -1.75. The second-order valence-electron chi connectivity index (χ2n) is 3.84. The number of rotatable bonds is 3. The number of carbonyl (C=O) groups is 1. The first-order valence-corrected chi connectivity index (χ1v) is 6.29. The average Bonchev–Trinajstić information content (AvgIpc) is 2.74. The summed E-state index contributed by atoms with van der Waals surface area (Å²) in [5.41, 5.74) is 2.24. The zero-order chi connectivity index (χ0) is 13.0. The fourth-order valence-electron chi connectivity index (χ4n) is 1.52. The van der Waals surface area contributed by atoms with Crippen LogP contribution in [0.25, 0.3) is 0 Å². The minimum Gasteiger partial charge on any atom is -0.434 e. The Balaban J connectivity index is 1.87. The highest BCUT2D eigenvalue weighted by Gasteiger charge is 2.05. The number of benzene rings is 1. The first-order valence-electron chi connectivity index (χ1n) is 5.50. The van der Waals surface area contributed by atoms with Crippen LogP contribution in [0.1, 0.15) is 11.1 Å². The zero-order valence-corrected chi connectivity index (χ0v) is 11.5. The quantitative estimate of drug-likeness (QED) is 0.909. The Morgan fingerprint density at radius 1 is 1.28 bits per heavy atom. The Morgan fingerprint density at radius 2 is 2.06 bits per heavy atom. The number of furan rings is 1. The van der Waals surface area contributed by atoms with Crippen LogP contribution < -0.4 is 10.6 Å². The molecule has 1 aromatic heterocycles. The van der Waals surface area contributed by atoms with Crippen molar-refractivity contribution < 1.29 is 9.21 Å². The van der Waals surface area contributed by atoms with E-state index < -0.39 is 0 Å². The molecule has 0 aliphatic heterocycles. The molecule has 1 aromatic carbocycles. The number of anilines is 1. The van der Waals surface area contributed by atoms with Gasteiger partial charge in [-0.3, -0.25) is 5.32 Å². The van der Waals surface area contributed by atoms with Crippen LogP contribution in [-0.2, 0) is 6.54 Å². The number of aryl methyl sites for hydroxylation is 1. The molecular formula is C13H13BrN2O2. The second-order valence-corrected chi connectivity index (χ2v) is 4.62. The van der Waals surface area contributed by atoms with Crippen LogP contribution in [0.3, 0.4) is 0 Å². The van der Waals surface area contributed by atoms with Crippen molar-refractivity contribution in [3.63, 3.8) is 0 Å². The number of amides is 2. The van der Waals surface area contributed by atoms with Crippen molar-refractivity contribution in [2.75, 3.05) is 5.32 Å². The lowest BCUT2D eigenvalue weighted by Crippen LogP contribution is -2.28. The van der Waals surface area contributed by atoms with Gasteiger partial charge in [-0.2, -0.15) is 0 Å². The van der Waals surface area contributed by atoms with Gasteiger partial charge in [-0.05, 0) is 40.0 Å². The van der Waals surface area contributed by atoms with Gasteiger partial charge in [-0.25, -0.2) is 4.79 Å². The van der Waals surface area contributed by atoms with E-state index in [1.165, 1.54) is 0 Å². The second kappa shape index (κ2) is 5.73. The van der Waals surface area contributed by atoms with Crippen molar-refractivity contribution in [2.24, 2.45) is 0 Å². The molecule has 2 N–H and O–H groups in total. The van der Waals surface area contributed by atoms with Crippen LogP contribution >= 0.6 is 15.9 Å². The summed E-state index contributed by atoms with van der Waals surface area (Å²) in [5.74, 6) is 0.407. The van der Waals surface area contributed by atoms with Crippen LogP contribution in [0.5, 0.6) is 0 Å². The Morgan fingerprint density at radius 3 is 2.72 bits per heavy atom. The monoisotopic (exact) mass is 308 g/mol. The average molecular weight is 309 g/mol. The molecule has 0 fully saturated rings. The minimum absolute atomic E-state index is 0.292. The molecule has 0 aliphatic rings. The summed E-state index contributed by atoms with van der Waals surface area (Å²) >= 11 is 3.17. The van der Waals surface area contributed by atoms with Crippen molar-refractivity contribution in [3.8, 4) is 0 Å². The topological polar surface area (TPSA) is 54.3 Å².